The molecule has 14 atom stereocenters. The molecule has 7 nitrogen and oxygen atoms in total. The van der Waals surface area contributed by atoms with Crippen LogP contribution < -0.4 is 0 Å². The highest BCUT2D eigenvalue weighted by molar-refractivity contribution is 5.21. The van der Waals surface area contributed by atoms with Crippen LogP contribution in [0.25, 0.3) is 0 Å². The highest BCUT2D eigenvalue weighted by atomic mass is 16.7. The molecule has 1 saturated heterocycles. The number of rotatable bonds is 6. The van der Waals surface area contributed by atoms with Gasteiger partial charge in [0, 0.05) is 0 Å². The fraction of sp³-hybridized carbons (Fsp3) is 0.892. The summed E-state index contributed by atoms with van der Waals surface area (Å²) in [5, 5.41) is 53.1. The lowest BCUT2D eigenvalue weighted by atomic mass is 9.33. The van der Waals surface area contributed by atoms with Gasteiger partial charge in [0.05, 0.1) is 18.8 Å². The summed E-state index contributed by atoms with van der Waals surface area (Å²) in [4.78, 5) is 0. The van der Waals surface area contributed by atoms with Gasteiger partial charge in [0.25, 0.3) is 0 Å². The molecule has 5 aliphatic rings. The van der Waals surface area contributed by atoms with E-state index in [-0.39, 0.29) is 39.8 Å². The van der Waals surface area contributed by atoms with E-state index in [9.17, 15) is 25.5 Å². The molecular weight excluding hydrogens is 556 g/mol. The first-order valence-corrected chi connectivity index (χ1v) is 17.5. The minimum Gasteiger partial charge on any atom is -0.394 e. The Bertz CT molecular complexity index is 1100. The Morgan fingerprint density at radius 3 is 2.18 bits per heavy atom. The molecule has 0 radical (unpaired) electrons. The summed E-state index contributed by atoms with van der Waals surface area (Å²) < 4.78 is 12.2. The molecule has 4 aliphatic carbocycles. The largest absolute Gasteiger partial charge is 0.394 e. The van der Waals surface area contributed by atoms with Crippen LogP contribution in [0.2, 0.25) is 0 Å². The second-order valence-corrected chi connectivity index (χ2v) is 17.0. The first-order chi connectivity index (χ1) is 20.5. The van der Waals surface area contributed by atoms with Crippen LogP contribution >= 0.6 is 0 Å². The molecule has 1 aliphatic heterocycles. The average Bonchev–Trinajstić information content (AvgIpc) is 2.95. The van der Waals surface area contributed by atoms with Gasteiger partial charge in [0.2, 0.25) is 0 Å². The second-order valence-electron chi connectivity index (χ2n) is 17.0. The molecule has 0 aromatic heterocycles. The van der Waals surface area contributed by atoms with Gasteiger partial charge in [-0.2, -0.15) is 0 Å². The van der Waals surface area contributed by atoms with Gasteiger partial charge in [-0.25, -0.2) is 0 Å². The number of hydrogen-bond acceptors (Lipinski definition) is 7. The summed E-state index contributed by atoms with van der Waals surface area (Å²) in [5.41, 5.74) is 2.77. The maximum Gasteiger partial charge on any atom is 0.186 e. The average molecular weight is 619 g/mol. The predicted molar refractivity (Wildman–Crippen MR) is 171 cm³/mol. The number of ether oxygens (including phenoxy) is 2. The predicted octanol–water partition coefficient (Wildman–Crippen LogP) is 5.52. The number of aliphatic hydroxyl groups is 5. The van der Waals surface area contributed by atoms with Crippen molar-refractivity contribution in [1.82, 2.24) is 0 Å². The minimum atomic E-state index is -1.44. The van der Waals surface area contributed by atoms with Gasteiger partial charge in [-0.3, -0.25) is 0 Å². The van der Waals surface area contributed by atoms with Crippen LogP contribution in [-0.2, 0) is 9.47 Å². The third kappa shape index (κ3) is 5.38. The van der Waals surface area contributed by atoms with E-state index in [1.165, 1.54) is 30.4 Å². The summed E-state index contributed by atoms with van der Waals surface area (Å²) in [7, 11) is 0. The SMILES string of the molecule is CC(C)=CC/C=C(/C)[C@@H]1CCC[C@@]2(C)[C@@H]1[C@@H](O)C[C@@H]1[C@@]3(C)CC[C@H](O[C@@H]4O[C@H](CO)[C@@H](O)[C@H](O)[C@@H]4O)C(C)(C)[C@H]3CC[C@@]12C. The van der Waals surface area contributed by atoms with E-state index in [0.29, 0.717) is 17.8 Å². The van der Waals surface area contributed by atoms with Crippen molar-refractivity contribution in [2.24, 2.45) is 45.3 Å². The van der Waals surface area contributed by atoms with E-state index in [1.807, 2.05) is 0 Å². The Morgan fingerprint density at radius 1 is 0.818 bits per heavy atom. The summed E-state index contributed by atoms with van der Waals surface area (Å²) in [6.45, 7) is 18.2. The normalized spacial score (nSPS) is 50.7. The molecule has 4 saturated carbocycles. The van der Waals surface area contributed by atoms with Crippen LogP contribution in [0.1, 0.15) is 113 Å². The monoisotopic (exact) mass is 618 g/mol. The summed E-state index contributed by atoms with van der Waals surface area (Å²) in [6.07, 6.45) is 7.15. The van der Waals surface area contributed by atoms with Crippen LogP contribution in [-0.4, -0.2) is 75.1 Å². The van der Waals surface area contributed by atoms with Crippen LogP contribution in [0.5, 0.6) is 0 Å². The van der Waals surface area contributed by atoms with Gasteiger partial charge in [0.15, 0.2) is 6.29 Å². The first kappa shape index (κ1) is 34.5. The Labute approximate surface area is 266 Å². The molecular formula is C37H62O7. The first-order valence-electron chi connectivity index (χ1n) is 17.5. The molecule has 0 amide bonds. The van der Waals surface area contributed by atoms with Crippen molar-refractivity contribution >= 4 is 0 Å². The fourth-order valence-corrected chi connectivity index (χ4v) is 11.7. The number of fused-ring (bicyclic) bond motifs is 5. The number of aliphatic hydroxyl groups excluding tert-OH is 5. The van der Waals surface area contributed by atoms with Gasteiger partial charge >= 0.3 is 0 Å². The quantitative estimate of drug-likeness (QED) is 0.196. The molecule has 1 heterocycles. The summed E-state index contributed by atoms with van der Waals surface area (Å²) in [5.74, 6) is 1.46. The Kier molecular flexibility index (Phi) is 9.68. The highest BCUT2D eigenvalue weighted by Crippen LogP contribution is 2.74. The van der Waals surface area contributed by atoms with Crippen molar-refractivity contribution in [2.75, 3.05) is 6.61 Å². The van der Waals surface area contributed by atoms with Crippen LogP contribution in [0.4, 0.5) is 0 Å². The molecule has 0 bridgehead atoms. The van der Waals surface area contributed by atoms with Crippen molar-refractivity contribution in [3.05, 3.63) is 23.3 Å². The van der Waals surface area contributed by atoms with Gasteiger partial charge < -0.3 is 35.0 Å². The van der Waals surface area contributed by atoms with Crippen molar-refractivity contribution < 1.29 is 35.0 Å². The van der Waals surface area contributed by atoms with Crippen molar-refractivity contribution in [3.63, 3.8) is 0 Å². The smallest absolute Gasteiger partial charge is 0.186 e. The van der Waals surface area contributed by atoms with E-state index in [2.05, 4.69) is 67.5 Å². The Morgan fingerprint density at radius 2 is 1.52 bits per heavy atom. The molecule has 7 heteroatoms. The van der Waals surface area contributed by atoms with Crippen molar-refractivity contribution in [3.8, 4) is 0 Å². The Hall–Kier alpha value is -0.800. The third-order valence-corrected chi connectivity index (χ3v) is 14.3. The maximum absolute atomic E-state index is 12.1. The molecule has 0 unspecified atom stereocenters. The van der Waals surface area contributed by atoms with E-state index < -0.39 is 37.3 Å². The second kappa shape index (κ2) is 12.3. The number of hydrogen-bond donors (Lipinski definition) is 5. The van der Waals surface area contributed by atoms with Gasteiger partial charge in [-0.1, -0.05) is 64.3 Å². The molecule has 252 valence electrons. The van der Waals surface area contributed by atoms with Gasteiger partial charge in [0.1, 0.15) is 24.4 Å². The molecule has 5 N–H and O–H groups in total. The fourth-order valence-electron chi connectivity index (χ4n) is 11.7. The van der Waals surface area contributed by atoms with Crippen molar-refractivity contribution in [1.29, 1.82) is 0 Å². The van der Waals surface area contributed by atoms with E-state index >= 15 is 0 Å². The lowest BCUT2D eigenvalue weighted by molar-refractivity contribution is -0.332. The van der Waals surface area contributed by atoms with Crippen LogP contribution in [0.3, 0.4) is 0 Å². The molecule has 5 fully saturated rings. The lowest BCUT2D eigenvalue weighted by Crippen LogP contribution is -2.68. The van der Waals surface area contributed by atoms with Crippen LogP contribution in [0.15, 0.2) is 23.3 Å². The zero-order valence-corrected chi connectivity index (χ0v) is 28.6. The molecule has 0 aromatic carbocycles. The Balaban J connectivity index is 1.39. The van der Waals surface area contributed by atoms with Gasteiger partial charge in [-0.05, 0) is 117 Å². The molecule has 5 rings (SSSR count). The standard InChI is InChI=1S/C37H62O7/c1-21(2)11-9-12-22(3)23-13-10-16-37(8)29(23)24(39)19-27-35(6)17-15-28(34(4,5)26(35)14-18-36(27,37)7)44-33-32(42)31(41)30(40)25(20-38)43-33/h11-12,23-33,38-42H,9-10,13-20H2,1-8H3/b22-12-/t23-,24-,25+,26+,27+,28-,29-,30+,31-,32-,33-,35-,36-,37-/m0/s1. The van der Waals surface area contributed by atoms with Crippen LogP contribution in [0, 0.1) is 45.3 Å². The van der Waals surface area contributed by atoms with Gasteiger partial charge in [-0.15, -0.1) is 0 Å². The highest BCUT2D eigenvalue weighted by Gasteiger charge is 2.69. The summed E-state index contributed by atoms with van der Waals surface area (Å²) in [6, 6.07) is 0. The minimum absolute atomic E-state index is 0.0297. The molecule has 44 heavy (non-hydrogen) atoms. The topological polar surface area (TPSA) is 120 Å². The van der Waals surface area contributed by atoms with E-state index in [0.717, 1.165) is 38.5 Å². The maximum atomic E-state index is 12.1. The zero-order valence-electron chi connectivity index (χ0n) is 28.6. The van der Waals surface area contributed by atoms with Crippen molar-refractivity contribution in [2.45, 2.75) is 156 Å². The van der Waals surface area contributed by atoms with E-state index in [4.69, 9.17) is 9.47 Å². The lowest BCUT2D eigenvalue weighted by Gasteiger charge is -2.72. The third-order valence-electron chi connectivity index (χ3n) is 14.3. The number of allylic oxidation sites excluding steroid dienone is 4. The zero-order chi connectivity index (χ0) is 32.4. The molecule has 0 aromatic rings. The summed E-state index contributed by atoms with van der Waals surface area (Å²) >= 11 is 0. The van der Waals surface area contributed by atoms with E-state index in [1.54, 1.807) is 0 Å². The molecule has 0 spiro atoms.